The van der Waals surface area contributed by atoms with Crippen molar-refractivity contribution in [1.29, 1.82) is 0 Å². The first-order valence-electron chi connectivity index (χ1n) is 16.4. The van der Waals surface area contributed by atoms with Crippen molar-refractivity contribution in [3.63, 3.8) is 0 Å². The van der Waals surface area contributed by atoms with Gasteiger partial charge in [0, 0.05) is 21.7 Å². The van der Waals surface area contributed by atoms with E-state index in [1.165, 1.54) is 16.2 Å². The zero-order valence-electron chi connectivity index (χ0n) is 26.7. The van der Waals surface area contributed by atoms with Crippen molar-refractivity contribution in [3.05, 3.63) is 104 Å². The van der Waals surface area contributed by atoms with E-state index < -0.39 is 17.8 Å². The number of rotatable bonds is 8. The molecule has 2 aliphatic carbocycles. The molecule has 7 atom stereocenters. The molecule has 0 radical (unpaired) electrons. The molecule has 3 amide bonds. The normalized spacial score (nSPS) is 26.2. The van der Waals surface area contributed by atoms with Gasteiger partial charge in [-0.3, -0.25) is 24.1 Å². The average molecular weight is 696 g/mol. The summed E-state index contributed by atoms with van der Waals surface area (Å²) in [4.78, 5) is 70.5. The molecular weight excluding hydrogens is 663 g/mol. The predicted octanol–water partition coefficient (Wildman–Crippen LogP) is 5.62. The second-order valence-corrected chi connectivity index (χ2v) is 15.2. The Morgan fingerprint density at radius 2 is 1.61 bits per heavy atom. The Balaban J connectivity index is 1.03. The van der Waals surface area contributed by atoms with Gasteiger partial charge < -0.3 is 19.8 Å². The summed E-state index contributed by atoms with van der Waals surface area (Å²) >= 11 is 2.84. The number of aromatic amines is 1. The minimum atomic E-state index is -0.455. The molecule has 4 aliphatic rings. The van der Waals surface area contributed by atoms with E-state index in [0.29, 0.717) is 22.7 Å². The number of anilines is 2. The molecule has 0 spiro atoms. The van der Waals surface area contributed by atoms with E-state index in [1.54, 1.807) is 43.0 Å². The van der Waals surface area contributed by atoms with Crippen molar-refractivity contribution >= 4 is 58.2 Å². The number of amides is 3. The lowest BCUT2D eigenvalue weighted by atomic mass is 9.68. The third kappa shape index (κ3) is 5.37. The Morgan fingerprint density at radius 3 is 2.31 bits per heavy atom. The van der Waals surface area contributed by atoms with Crippen LogP contribution in [0.15, 0.2) is 82.6 Å². The fourth-order valence-electron chi connectivity index (χ4n) is 8.36. The second kappa shape index (κ2) is 12.3. The Bertz CT molecular complexity index is 2020. The zero-order valence-corrected chi connectivity index (χ0v) is 28.3. The van der Waals surface area contributed by atoms with Crippen molar-refractivity contribution in [2.45, 2.75) is 36.5 Å². The van der Waals surface area contributed by atoms with E-state index in [0.717, 1.165) is 27.5 Å². The summed E-state index contributed by atoms with van der Waals surface area (Å²) in [7, 11) is 0. The summed E-state index contributed by atoms with van der Waals surface area (Å²) in [6, 6.07) is 21.6. The largest absolute Gasteiger partial charge is 0.484 e. The fraction of sp³-hybridized carbons (Fsp3) is 0.324. The highest BCUT2D eigenvalue weighted by Crippen LogP contribution is 2.68. The molecule has 2 bridgehead atoms. The number of H-pyrrole nitrogens is 1. The number of carbonyl (C=O) groups excluding carboxylic acids is 4. The van der Waals surface area contributed by atoms with Crippen molar-refractivity contribution < 1.29 is 28.7 Å². The number of esters is 1. The van der Waals surface area contributed by atoms with Gasteiger partial charge in [-0.2, -0.15) is 0 Å². The Morgan fingerprint density at radius 1 is 0.918 bits per heavy atom. The first-order chi connectivity index (χ1) is 23.7. The highest BCUT2D eigenvalue weighted by molar-refractivity contribution is 8.00. The molecule has 10 nitrogen and oxygen atoms in total. The van der Waals surface area contributed by atoms with Gasteiger partial charge in [0.25, 0.3) is 5.91 Å². The maximum atomic E-state index is 14.1. The number of aryl methyl sites for hydroxylation is 1. The van der Waals surface area contributed by atoms with Gasteiger partial charge in [0.1, 0.15) is 5.75 Å². The molecule has 1 aromatic heterocycles. The number of thioether (sulfide) groups is 1. The van der Waals surface area contributed by atoms with E-state index >= 15 is 0 Å². The Labute approximate surface area is 290 Å². The Hall–Kier alpha value is -4.68. The van der Waals surface area contributed by atoms with Crippen LogP contribution in [0.1, 0.15) is 45.6 Å². The molecule has 3 heterocycles. The van der Waals surface area contributed by atoms with Gasteiger partial charge in [0.05, 0.1) is 34.7 Å². The summed E-state index contributed by atoms with van der Waals surface area (Å²) < 4.78 is 10.9. The third-order valence-electron chi connectivity index (χ3n) is 10.3. The first kappa shape index (κ1) is 31.6. The molecule has 1 saturated heterocycles. The molecule has 49 heavy (non-hydrogen) atoms. The zero-order chi connectivity index (χ0) is 34.0. The SMILES string of the molecule is CCOC(=O)c1ccc(N2C(=O)[C@H]3[C@H]4C[C@@H]([C@@H]3C2=O)[C@@H]2[C@H](c3ccc(OCC(=O)Nc5ccc(C)cc5)cc3)c3sc(=O)[nH]c3S[C@H]42)cc1. The molecule has 4 aromatic rings. The number of ether oxygens (including phenoxy) is 2. The van der Waals surface area contributed by atoms with Gasteiger partial charge in [-0.15, -0.1) is 11.8 Å². The predicted molar refractivity (Wildman–Crippen MR) is 185 cm³/mol. The molecule has 12 heteroatoms. The van der Waals surface area contributed by atoms with Crippen molar-refractivity contribution in [1.82, 2.24) is 4.98 Å². The number of hydrogen-bond acceptors (Lipinski definition) is 9. The maximum Gasteiger partial charge on any atom is 0.338 e. The van der Waals surface area contributed by atoms with Crippen LogP contribution in [-0.4, -0.2) is 47.1 Å². The number of aromatic nitrogens is 1. The molecule has 2 saturated carbocycles. The average Bonchev–Trinajstić information content (AvgIpc) is 3.84. The minimum absolute atomic E-state index is 0.0149. The molecule has 2 aliphatic heterocycles. The number of nitrogens with one attached hydrogen (secondary N) is 2. The van der Waals surface area contributed by atoms with Crippen LogP contribution in [0.3, 0.4) is 0 Å². The molecule has 8 rings (SSSR count). The summed E-state index contributed by atoms with van der Waals surface area (Å²) in [5.74, 6) is -1.59. The number of fused-ring (bicyclic) bond motifs is 9. The van der Waals surface area contributed by atoms with Crippen molar-refractivity contribution in [2.75, 3.05) is 23.4 Å². The second-order valence-electron chi connectivity index (χ2n) is 13.0. The van der Waals surface area contributed by atoms with Gasteiger partial charge >= 0.3 is 10.8 Å². The minimum Gasteiger partial charge on any atom is -0.484 e. The topological polar surface area (TPSA) is 135 Å². The number of thiazole rings is 1. The lowest BCUT2D eigenvalue weighted by Gasteiger charge is -2.43. The number of imide groups is 1. The standard InChI is InChI=1S/C37H33N3O7S2/c1-3-46-36(44)20-6-12-22(13-7-20)40-34(42)29-24-16-25(30(29)35(40)43)31-28(24)27(32-33(48-31)39-37(45)49-32)19-8-14-23(15-9-19)47-17-26(41)38-21-10-4-18(2)5-11-21/h4-15,24-25,27-31H,3,16-17H2,1-2H3,(H,38,41)(H,39,45)/t24-,25-,27+,28-,29+,30+,31-/m1/s1. The molecular formula is C37H33N3O7S2. The number of benzene rings is 3. The Kier molecular flexibility index (Phi) is 7.95. The van der Waals surface area contributed by atoms with Crippen LogP contribution in [0.2, 0.25) is 0 Å². The third-order valence-corrected chi connectivity index (χ3v) is 12.9. The summed E-state index contributed by atoms with van der Waals surface area (Å²) in [6.45, 7) is 3.82. The van der Waals surface area contributed by atoms with E-state index in [4.69, 9.17) is 9.47 Å². The van der Waals surface area contributed by atoms with Crippen LogP contribution in [0.4, 0.5) is 11.4 Å². The van der Waals surface area contributed by atoms with Gasteiger partial charge in [-0.25, -0.2) is 4.79 Å². The molecule has 0 unspecified atom stereocenters. The van der Waals surface area contributed by atoms with Crippen molar-refractivity contribution in [2.24, 2.45) is 29.6 Å². The van der Waals surface area contributed by atoms with Crippen LogP contribution in [0.25, 0.3) is 0 Å². The van der Waals surface area contributed by atoms with Crippen LogP contribution in [0.5, 0.6) is 5.75 Å². The van der Waals surface area contributed by atoms with E-state index in [9.17, 15) is 24.0 Å². The molecule has 2 N–H and O–H groups in total. The van der Waals surface area contributed by atoms with Crippen molar-refractivity contribution in [3.8, 4) is 5.75 Å². The van der Waals surface area contributed by atoms with E-state index in [1.807, 2.05) is 55.5 Å². The quantitative estimate of drug-likeness (QED) is 0.179. The summed E-state index contributed by atoms with van der Waals surface area (Å²) in [6.07, 6.45) is 0.776. The summed E-state index contributed by atoms with van der Waals surface area (Å²) in [5.41, 5.74) is 3.61. The van der Waals surface area contributed by atoms with E-state index in [2.05, 4.69) is 10.3 Å². The monoisotopic (exact) mass is 695 g/mol. The van der Waals surface area contributed by atoms with Crippen LogP contribution in [-0.2, 0) is 19.1 Å². The van der Waals surface area contributed by atoms with Gasteiger partial charge in [0.15, 0.2) is 6.61 Å². The summed E-state index contributed by atoms with van der Waals surface area (Å²) in [5, 5.41) is 3.72. The maximum absolute atomic E-state index is 14.1. The highest BCUT2D eigenvalue weighted by Gasteiger charge is 2.69. The number of nitrogens with zero attached hydrogens (tertiary/aromatic N) is 1. The van der Waals surface area contributed by atoms with Gasteiger partial charge in [-0.05, 0) is 92.1 Å². The van der Waals surface area contributed by atoms with E-state index in [-0.39, 0.29) is 64.7 Å². The highest BCUT2D eigenvalue weighted by atomic mass is 32.2. The van der Waals surface area contributed by atoms with Crippen LogP contribution < -0.4 is 19.8 Å². The first-order valence-corrected chi connectivity index (χ1v) is 18.1. The van der Waals surface area contributed by atoms with Crippen LogP contribution >= 0.6 is 23.1 Å². The van der Waals surface area contributed by atoms with Crippen LogP contribution in [0, 0.1) is 36.5 Å². The number of carbonyl (C=O) groups is 4. The smallest absolute Gasteiger partial charge is 0.338 e. The lowest BCUT2D eigenvalue weighted by molar-refractivity contribution is -0.123. The molecule has 3 aromatic carbocycles. The lowest BCUT2D eigenvalue weighted by Crippen LogP contribution is -2.42. The number of hydrogen-bond donors (Lipinski definition) is 2. The molecule has 3 fully saturated rings. The molecule has 250 valence electrons. The van der Waals surface area contributed by atoms with Gasteiger partial charge in [-0.1, -0.05) is 41.2 Å². The fourth-order valence-corrected chi connectivity index (χ4v) is 11.2. The van der Waals surface area contributed by atoms with Gasteiger partial charge in [0.2, 0.25) is 11.8 Å².